The van der Waals surface area contributed by atoms with Gasteiger partial charge in [0.1, 0.15) is 22.8 Å². The van der Waals surface area contributed by atoms with E-state index < -0.39 is 23.6 Å². The Bertz CT molecular complexity index is 989. The van der Waals surface area contributed by atoms with Crippen LogP contribution >= 0.6 is 0 Å². The molecule has 1 aromatic carbocycles. The van der Waals surface area contributed by atoms with E-state index in [1.807, 2.05) is 0 Å². The topological polar surface area (TPSA) is 119 Å². The molecule has 3 heterocycles. The van der Waals surface area contributed by atoms with Gasteiger partial charge >= 0.3 is 5.97 Å². The van der Waals surface area contributed by atoms with E-state index in [1.165, 1.54) is 31.4 Å². The van der Waals surface area contributed by atoms with Crippen LogP contribution in [0, 0.1) is 0 Å². The number of hydrogen-bond donors (Lipinski definition) is 1. The molecule has 0 aliphatic carbocycles. The maximum Gasteiger partial charge on any atom is 0.328 e. The van der Waals surface area contributed by atoms with E-state index in [9.17, 15) is 19.5 Å². The smallest absolute Gasteiger partial charge is 0.328 e. The van der Waals surface area contributed by atoms with Gasteiger partial charge in [-0.15, -0.1) is 0 Å². The van der Waals surface area contributed by atoms with Crippen molar-refractivity contribution in [2.24, 2.45) is 0 Å². The van der Waals surface area contributed by atoms with Crippen molar-refractivity contribution in [2.45, 2.75) is 24.6 Å². The predicted molar refractivity (Wildman–Crippen MR) is 110 cm³/mol. The first-order valence-electron chi connectivity index (χ1n) is 10.2. The van der Waals surface area contributed by atoms with E-state index in [0.29, 0.717) is 17.1 Å². The summed E-state index contributed by atoms with van der Waals surface area (Å²) in [6.45, 7) is 0.388. The van der Waals surface area contributed by atoms with Crippen LogP contribution in [0.2, 0.25) is 0 Å². The number of piperidine rings is 1. The molecule has 0 bridgehead atoms. The molecular formula is C22H24N2O8. The van der Waals surface area contributed by atoms with Crippen molar-refractivity contribution >= 4 is 17.8 Å². The van der Waals surface area contributed by atoms with Crippen LogP contribution < -0.4 is 9.47 Å². The summed E-state index contributed by atoms with van der Waals surface area (Å²) in [5.41, 5.74) is -0.818. The van der Waals surface area contributed by atoms with E-state index in [1.54, 1.807) is 29.2 Å². The average molecular weight is 444 g/mol. The van der Waals surface area contributed by atoms with E-state index in [2.05, 4.69) is 0 Å². The van der Waals surface area contributed by atoms with E-state index in [0.717, 1.165) is 0 Å². The Labute approximate surface area is 184 Å². The Balaban J connectivity index is 1.57. The van der Waals surface area contributed by atoms with Crippen LogP contribution in [0.4, 0.5) is 0 Å². The number of carboxylic acids is 1. The van der Waals surface area contributed by atoms with Crippen LogP contribution in [-0.4, -0.2) is 78.4 Å². The van der Waals surface area contributed by atoms with Gasteiger partial charge in [-0.1, -0.05) is 6.07 Å². The van der Waals surface area contributed by atoms with Gasteiger partial charge in [-0.05, 0) is 24.3 Å². The van der Waals surface area contributed by atoms with E-state index in [-0.39, 0.29) is 44.2 Å². The van der Waals surface area contributed by atoms with Crippen LogP contribution in [0.5, 0.6) is 11.5 Å². The first-order valence-corrected chi connectivity index (χ1v) is 10.2. The molecule has 10 heteroatoms. The number of hydrogen-bond acceptors (Lipinski definition) is 7. The molecule has 0 radical (unpaired) electrons. The maximum atomic E-state index is 13.3. The summed E-state index contributed by atoms with van der Waals surface area (Å²) in [6.07, 6.45) is 1.87. The highest BCUT2D eigenvalue weighted by molar-refractivity contribution is 6.00. The van der Waals surface area contributed by atoms with Crippen LogP contribution in [0.3, 0.4) is 0 Å². The number of rotatable bonds is 5. The summed E-state index contributed by atoms with van der Waals surface area (Å²) in [7, 11) is 2.96. The number of benzene rings is 1. The standard InChI is InChI=1S/C22H24N2O8/c1-29-15-5-3-6-16(30-2)18(15)20(26)23-10-8-22(9-11-23)24(14(13-32-22)21(27)28)19(25)17-7-4-12-31-17/h3-7,12,14H,8-11,13H2,1-2H3,(H,27,28). The number of carbonyl (C=O) groups excluding carboxylic acids is 2. The minimum absolute atomic E-state index is 0.0402. The highest BCUT2D eigenvalue weighted by Crippen LogP contribution is 2.39. The zero-order valence-corrected chi connectivity index (χ0v) is 17.8. The number of ether oxygens (including phenoxy) is 3. The lowest BCUT2D eigenvalue weighted by Gasteiger charge is -2.44. The lowest BCUT2D eigenvalue weighted by molar-refractivity contribution is -0.143. The van der Waals surface area contributed by atoms with Crippen molar-refractivity contribution in [1.29, 1.82) is 0 Å². The van der Waals surface area contributed by atoms with Crippen molar-refractivity contribution in [2.75, 3.05) is 33.9 Å². The molecule has 32 heavy (non-hydrogen) atoms. The Kier molecular flexibility index (Phi) is 5.79. The van der Waals surface area contributed by atoms with Crippen LogP contribution in [0.25, 0.3) is 0 Å². The van der Waals surface area contributed by atoms with Crippen LogP contribution in [-0.2, 0) is 9.53 Å². The van der Waals surface area contributed by atoms with Gasteiger partial charge in [-0.2, -0.15) is 0 Å². The van der Waals surface area contributed by atoms with Gasteiger partial charge in [0.15, 0.2) is 11.8 Å². The number of amides is 2. The molecule has 1 unspecified atom stereocenters. The Morgan fingerprint density at radius 1 is 1.03 bits per heavy atom. The molecule has 2 aliphatic heterocycles. The minimum Gasteiger partial charge on any atom is -0.496 e. The lowest BCUT2D eigenvalue weighted by atomic mass is 9.96. The zero-order chi connectivity index (χ0) is 22.9. The first kappa shape index (κ1) is 21.7. The number of carboxylic acid groups (broad SMARTS) is 1. The molecule has 2 aliphatic rings. The molecule has 2 saturated heterocycles. The Hall–Kier alpha value is -3.53. The molecule has 2 fully saturated rings. The monoisotopic (exact) mass is 444 g/mol. The van der Waals surface area contributed by atoms with Gasteiger partial charge in [0.2, 0.25) is 0 Å². The average Bonchev–Trinajstić information content (AvgIpc) is 3.47. The molecule has 2 aromatic rings. The molecule has 4 rings (SSSR count). The van der Waals surface area contributed by atoms with Crippen LogP contribution in [0.1, 0.15) is 33.8 Å². The predicted octanol–water partition coefficient (Wildman–Crippen LogP) is 1.85. The molecule has 170 valence electrons. The summed E-state index contributed by atoms with van der Waals surface area (Å²) in [6, 6.07) is 7.01. The number of methoxy groups -OCH3 is 2. The molecule has 10 nitrogen and oxygen atoms in total. The molecule has 1 aromatic heterocycles. The summed E-state index contributed by atoms with van der Waals surface area (Å²) >= 11 is 0. The molecule has 0 saturated carbocycles. The van der Waals surface area contributed by atoms with Gasteiger partial charge < -0.3 is 28.6 Å². The zero-order valence-electron chi connectivity index (χ0n) is 17.8. The molecule has 1 N–H and O–H groups in total. The number of likely N-dealkylation sites (tertiary alicyclic amines) is 1. The second-order valence-electron chi connectivity index (χ2n) is 7.59. The van der Waals surface area contributed by atoms with Gasteiger partial charge in [-0.25, -0.2) is 4.79 Å². The minimum atomic E-state index is -1.15. The highest BCUT2D eigenvalue weighted by atomic mass is 16.5. The Morgan fingerprint density at radius 2 is 1.69 bits per heavy atom. The third-order valence-corrected chi connectivity index (χ3v) is 5.97. The lowest BCUT2D eigenvalue weighted by Crippen LogP contribution is -2.58. The quantitative estimate of drug-likeness (QED) is 0.742. The van der Waals surface area contributed by atoms with Crippen LogP contribution in [0.15, 0.2) is 41.0 Å². The highest BCUT2D eigenvalue weighted by Gasteiger charge is 2.55. The van der Waals surface area contributed by atoms with Crippen molar-refractivity contribution < 1.29 is 38.1 Å². The fourth-order valence-electron chi connectivity index (χ4n) is 4.35. The van der Waals surface area contributed by atoms with Gasteiger partial charge in [0, 0.05) is 25.9 Å². The maximum absolute atomic E-state index is 13.3. The van der Waals surface area contributed by atoms with E-state index in [4.69, 9.17) is 18.6 Å². The van der Waals surface area contributed by atoms with Gasteiger partial charge in [0.05, 0.1) is 27.1 Å². The molecule has 2 amide bonds. The second-order valence-corrected chi connectivity index (χ2v) is 7.59. The van der Waals surface area contributed by atoms with E-state index >= 15 is 0 Å². The summed E-state index contributed by atoms with van der Waals surface area (Å²) < 4.78 is 21.8. The number of carbonyl (C=O) groups is 3. The van der Waals surface area contributed by atoms with Gasteiger partial charge in [0.25, 0.3) is 11.8 Å². The second kappa shape index (κ2) is 8.54. The van der Waals surface area contributed by atoms with Crippen molar-refractivity contribution in [3.8, 4) is 11.5 Å². The fraction of sp³-hybridized carbons (Fsp3) is 0.409. The number of aliphatic carboxylic acids is 1. The van der Waals surface area contributed by atoms with Gasteiger partial charge in [-0.3, -0.25) is 14.5 Å². The molecule has 1 spiro atoms. The first-order chi connectivity index (χ1) is 15.4. The van der Waals surface area contributed by atoms with Crippen molar-refractivity contribution in [3.63, 3.8) is 0 Å². The van der Waals surface area contributed by atoms with Crippen molar-refractivity contribution in [1.82, 2.24) is 9.80 Å². The normalized spacial score (nSPS) is 19.8. The fourth-order valence-corrected chi connectivity index (χ4v) is 4.35. The summed E-state index contributed by atoms with van der Waals surface area (Å²) in [5.74, 6) is -1.14. The summed E-state index contributed by atoms with van der Waals surface area (Å²) in [5, 5.41) is 9.65. The third-order valence-electron chi connectivity index (χ3n) is 5.97. The number of furan rings is 1. The molecule has 1 atom stereocenters. The Morgan fingerprint density at radius 3 is 2.22 bits per heavy atom. The third kappa shape index (κ3) is 3.56. The number of nitrogens with zero attached hydrogens (tertiary/aromatic N) is 2. The summed E-state index contributed by atoms with van der Waals surface area (Å²) in [4.78, 5) is 41.0. The SMILES string of the molecule is COc1cccc(OC)c1C(=O)N1CCC2(CC1)OCC(C(=O)O)N2C(=O)c1ccco1. The van der Waals surface area contributed by atoms with Crippen molar-refractivity contribution in [3.05, 3.63) is 47.9 Å². The largest absolute Gasteiger partial charge is 0.496 e. The molecular weight excluding hydrogens is 420 g/mol.